The highest BCUT2D eigenvalue weighted by atomic mass is 35.5. The van der Waals surface area contributed by atoms with Crippen LogP contribution in [0.2, 0.25) is 0 Å². The Balaban J connectivity index is 2.53. The summed E-state index contributed by atoms with van der Waals surface area (Å²) in [6.07, 6.45) is 3.17. The predicted octanol–water partition coefficient (Wildman–Crippen LogP) is 4.60. The summed E-state index contributed by atoms with van der Waals surface area (Å²) in [4.78, 5) is 24.8. The molecule has 0 saturated heterocycles. The second kappa shape index (κ2) is 9.61. The fraction of sp³-hybridized carbons (Fsp3) is 0.440. The standard InChI is InChI=1S/C25H31ClO6/c1-14(2)8-10-24(26)23(31)21-18(12-17(27)13-20(21)29)22(30)25(24,32)11-9-16(5)6-7-19(28)15(3)4/h8-9,12-13,19,27-29,32H,3,6-7,10-11H2,1-2,4-5H3/b16-9+/t19?,24-,25-/m0/s1. The number of Topliss-reactive ketones (excluding diaryl/α,β-unsaturated/α-hetero) is 2. The van der Waals surface area contributed by atoms with Crippen LogP contribution in [0, 0.1) is 0 Å². The van der Waals surface area contributed by atoms with Crippen LogP contribution in [0.25, 0.3) is 0 Å². The van der Waals surface area contributed by atoms with Crippen LogP contribution in [0.5, 0.6) is 11.5 Å². The van der Waals surface area contributed by atoms with Gasteiger partial charge in [0, 0.05) is 18.1 Å². The number of fused-ring (bicyclic) bond motifs is 1. The van der Waals surface area contributed by atoms with Crippen molar-refractivity contribution in [1.29, 1.82) is 0 Å². The molecule has 0 bridgehead atoms. The number of rotatable bonds is 8. The highest BCUT2D eigenvalue weighted by molar-refractivity contribution is 6.44. The molecule has 0 spiro atoms. The first-order chi connectivity index (χ1) is 14.7. The summed E-state index contributed by atoms with van der Waals surface area (Å²) in [5.74, 6) is -2.60. The first-order valence-corrected chi connectivity index (χ1v) is 10.8. The lowest BCUT2D eigenvalue weighted by Gasteiger charge is -2.43. The van der Waals surface area contributed by atoms with Crippen molar-refractivity contribution in [2.75, 3.05) is 0 Å². The van der Waals surface area contributed by atoms with E-state index in [2.05, 4.69) is 6.58 Å². The third-order valence-electron chi connectivity index (χ3n) is 5.88. The molecule has 2 rings (SSSR count). The zero-order chi connectivity index (χ0) is 24.4. The molecule has 3 atom stereocenters. The van der Waals surface area contributed by atoms with Gasteiger partial charge < -0.3 is 20.4 Å². The van der Waals surface area contributed by atoms with Gasteiger partial charge in [-0.05, 0) is 53.0 Å². The Morgan fingerprint density at radius 2 is 1.72 bits per heavy atom. The summed E-state index contributed by atoms with van der Waals surface area (Å²) in [5.41, 5.74) is -0.605. The van der Waals surface area contributed by atoms with Gasteiger partial charge in [0.25, 0.3) is 0 Å². The third-order valence-corrected chi connectivity index (χ3v) is 6.52. The van der Waals surface area contributed by atoms with Gasteiger partial charge in [-0.25, -0.2) is 0 Å². The minimum absolute atomic E-state index is 0.126. The van der Waals surface area contributed by atoms with Crippen molar-refractivity contribution >= 4 is 23.2 Å². The topological polar surface area (TPSA) is 115 Å². The average Bonchev–Trinajstić information content (AvgIpc) is 2.71. The SMILES string of the molecule is C=C(C)C(O)CC/C(C)=C/C[C@]1(O)C(=O)c2cc(O)cc(O)c2C(=O)[C@@]1(Cl)CC=C(C)C. The van der Waals surface area contributed by atoms with Crippen molar-refractivity contribution in [3.05, 3.63) is 58.7 Å². The lowest BCUT2D eigenvalue weighted by molar-refractivity contribution is 0.00725. The molecule has 1 aromatic carbocycles. The number of carbonyl (C=O) groups excluding carboxylic acids is 2. The maximum Gasteiger partial charge on any atom is 0.197 e. The van der Waals surface area contributed by atoms with E-state index in [-0.39, 0.29) is 24.0 Å². The fourth-order valence-corrected chi connectivity index (χ4v) is 4.05. The van der Waals surface area contributed by atoms with Crippen molar-refractivity contribution in [1.82, 2.24) is 0 Å². The zero-order valence-corrected chi connectivity index (χ0v) is 19.7. The van der Waals surface area contributed by atoms with Gasteiger partial charge in [0.2, 0.25) is 0 Å². The van der Waals surface area contributed by atoms with E-state index in [9.17, 15) is 30.0 Å². The van der Waals surface area contributed by atoms with E-state index < -0.39 is 39.6 Å². The number of phenols is 2. The smallest absolute Gasteiger partial charge is 0.197 e. The van der Waals surface area contributed by atoms with Crippen molar-refractivity contribution in [3.63, 3.8) is 0 Å². The van der Waals surface area contributed by atoms with Crippen LogP contribution in [-0.2, 0) is 0 Å². The molecular weight excluding hydrogens is 432 g/mol. The maximum atomic E-state index is 13.4. The predicted molar refractivity (Wildman–Crippen MR) is 124 cm³/mol. The Morgan fingerprint density at radius 3 is 2.28 bits per heavy atom. The molecule has 1 aromatic rings. The zero-order valence-electron chi connectivity index (χ0n) is 18.9. The Kier molecular flexibility index (Phi) is 7.76. The van der Waals surface area contributed by atoms with Crippen molar-refractivity contribution in [2.24, 2.45) is 0 Å². The summed E-state index contributed by atoms with van der Waals surface area (Å²) in [6, 6.07) is 2.01. The van der Waals surface area contributed by atoms with Crippen LogP contribution in [0.1, 0.15) is 74.1 Å². The number of aromatic hydroxyl groups is 2. The number of phenolic OH excluding ortho intramolecular Hbond substituents is 2. The van der Waals surface area contributed by atoms with E-state index in [1.165, 1.54) is 0 Å². The molecule has 1 aliphatic carbocycles. The molecule has 32 heavy (non-hydrogen) atoms. The van der Waals surface area contributed by atoms with Crippen LogP contribution in [-0.4, -0.2) is 48.6 Å². The minimum atomic E-state index is -2.31. The molecule has 0 fully saturated rings. The van der Waals surface area contributed by atoms with Gasteiger partial charge in [-0.2, -0.15) is 0 Å². The minimum Gasteiger partial charge on any atom is -0.508 e. The molecule has 0 aliphatic heterocycles. The van der Waals surface area contributed by atoms with E-state index in [0.29, 0.717) is 18.4 Å². The van der Waals surface area contributed by atoms with Crippen molar-refractivity contribution < 1.29 is 30.0 Å². The average molecular weight is 463 g/mol. The number of carbonyl (C=O) groups is 2. The van der Waals surface area contributed by atoms with Crippen LogP contribution in [0.4, 0.5) is 0 Å². The number of alkyl halides is 1. The van der Waals surface area contributed by atoms with Crippen LogP contribution in [0.3, 0.4) is 0 Å². The molecule has 4 N–H and O–H groups in total. The van der Waals surface area contributed by atoms with Crippen LogP contribution < -0.4 is 0 Å². The highest BCUT2D eigenvalue weighted by Crippen LogP contribution is 2.48. The van der Waals surface area contributed by atoms with E-state index >= 15 is 0 Å². The normalized spacial score (nSPS) is 24.2. The van der Waals surface area contributed by atoms with Gasteiger partial charge in [0.15, 0.2) is 17.2 Å². The number of hydrogen-bond donors (Lipinski definition) is 4. The van der Waals surface area contributed by atoms with Crippen LogP contribution in [0.15, 0.2) is 47.6 Å². The molecule has 0 saturated carbocycles. The monoisotopic (exact) mass is 462 g/mol. The summed E-state index contributed by atoms with van der Waals surface area (Å²) in [5, 5.41) is 41.6. The van der Waals surface area contributed by atoms with Crippen LogP contribution >= 0.6 is 11.6 Å². The van der Waals surface area contributed by atoms with Gasteiger partial charge in [0.05, 0.1) is 11.7 Å². The van der Waals surface area contributed by atoms with E-state index in [1.807, 2.05) is 0 Å². The van der Waals surface area contributed by atoms with Gasteiger partial charge in [0.1, 0.15) is 16.4 Å². The molecule has 6 nitrogen and oxygen atoms in total. The molecule has 0 aromatic heterocycles. The quantitative estimate of drug-likeness (QED) is 0.331. The van der Waals surface area contributed by atoms with Gasteiger partial charge in [-0.1, -0.05) is 35.5 Å². The molecule has 1 unspecified atom stereocenters. The number of ketones is 2. The number of aliphatic hydroxyl groups excluding tert-OH is 1. The number of hydrogen-bond acceptors (Lipinski definition) is 6. The first kappa shape index (κ1) is 25.8. The van der Waals surface area contributed by atoms with Gasteiger partial charge in [-0.15, -0.1) is 11.6 Å². The Morgan fingerprint density at radius 1 is 1.09 bits per heavy atom. The molecule has 0 amide bonds. The van der Waals surface area contributed by atoms with E-state index in [1.54, 1.807) is 39.8 Å². The lowest BCUT2D eigenvalue weighted by Crippen LogP contribution is -2.63. The van der Waals surface area contributed by atoms with Crippen molar-refractivity contribution in [2.45, 2.75) is 70.0 Å². The molecule has 1 aliphatic rings. The maximum absolute atomic E-state index is 13.4. The second-order valence-corrected chi connectivity index (χ2v) is 9.49. The Bertz CT molecular complexity index is 1000. The largest absolute Gasteiger partial charge is 0.508 e. The second-order valence-electron chi connectivity index (χ2n) is 8.85. The third kappa shape index (κ3) is 4.82. The van der Waals surface area contributed by atoms with Gasteiger partial charge >= 0.3 is 0 Å². The number of benzene rings is 1. The molecule has 0 radical (unpaired) electrons. The molecule has 7 heteroatoms. The number of halogens is 1. The molecular formula is C25H31ClO6. The molecule has 174 valence electrons. The van der Waals surface area contributed by atoms with Gasteiger partial charge in [-0.3, -0.25) is 9.59 Å². The van der Waals surface area contributed by atoms with E-state index in [0.717, 1.165) is 23.3 Å². The fourth-order valence-electron chi connectivity index (χ4n) is 3.71. The highest BCUT2D eigenvalue weighted by Gasteiger charge is 2.62. The summed E-state index contributed by atoms with van der Waals surface area (Å²) in [6.45, 7) is 10.8. The summed E-state index contributed by atoms with van der Waals surface area (Å²) in [7, 11) is 0. The van der Waals surface area contributed by atoms with E-state index in [4.69, 9.17) is 11.6 Å². The Labute approximate surface area is 193 Å². The number of allylic oxidation sites excluding steroid dienone is 3. The lowest BCUT2D eigenvalue weighted by atomic mass is 9.66. The Hall–Kier alpha value is -2.41. The summed E-state index contributed by atoms with van der Waals surface area (Å²) < 4.78 is 0. The summed E-state index contributed by atoms with van der Waals surface area (Å²) >= 11 is 6.74. The first-order valence-electron chi connectivity index (χ1n) is 10.4. The molecule has 0 heterocycles. The number of aliphatic hydroxyl groups is 2. The van der Waals surface area contributed by atoms with Crippen molar-refractivity contribution in [3.8, 4) is 11.5 Å².